The molecular weight excluding hydrogens is 134 g/mol. The van der Waals surface area contributed by atoms with Crippen molar-refractivity contribution < 1.29 is 0 Å². The van der Waals surface area contributed by atoms with Gasteiger partial charge in [0.2, 0.25) is 0 Å². The van der Waals surface area contributed by atoms with Gasteiger partial charge in [-0.2, -0.15) is 0 Å². The first-order chi connectivity index (χ1) is 5.12. The van der Waals surface area contributed by atoms with Crippen LogP contribution in [0.3, 0.4) is 0 Å². The van der Waals surface area contributed by atoms with Gasteiger partial charge in [-0.25, -0.2) is 0 Å². The van der Waals surface area contributed by atoms with Gasteiger partial charge in [-0.15, -0.1) is 0 Å². The fourth-order valence-corrected chi connectivity index (χ4v) is 0.604. The molecule has 0 N–H and O–H groups in total. The molecular formula is C10H15N. The van der Waals surface area contributed by atoms with Crippen molar-refractivity contribution in [2.75, 3.05) is 0 Å². The number of hydrogen-bond acceptors (Lipinski definition) is 1. The lowest BCUT2D eigenvalue weighted by Crippen LogP contribution is -2.07. The molecule has 0 aliphatic rings. The number of hydrogen-bond donors (Lipinski definition) is 0. The summed E-state index contributed by atoms with van der Waals surface area (Å²) >= 11 is 0. The van der Waals surface area contributed by atoms with Crippen molar-refractivity contribution in [1.29, 1.82) is 0 Å². The fourth-order valence-electron chi connectivity index (χ4n) is 0.604. The van der Waals surface area contributed by atoms with E-state index >= 15 is 0 Å². The normalized spacial score (nSPS) is 12.5. The maximum absolute atomic E-state index is 3.95. The molecule has 0 bridgehead atoms. The molecule has 0 aliphatic carbocycles. The highest BCUT2D eigenvalue weighted by molar-refractivity contribution is 5.68. The monoisotopic (exact) mass is 149 g/mol. The van der Waals surface area contributed by atoms with E-state index in [1.54, 1.807) is 6.08 Å². The summed E-state index contributed by atoms with van der Waals surface area (Å²) in [5.74, 6) is 0. The second-order valence-electron chi connectivity index (χ2n) is 2.88. The number of aliphatic imine (C=N–C) groups is 1. The summed E-state index contributed by atoms with van der Waals surface area (Å²) in [5, 5.41) is 0. The van der Waals surface area contributed by atoms with Crippen molar-refractivity contribution in [2.45, 2.75) is 13.8 Å². The van der Waals surface area contributed by atoms with E-state index in [2.05, 4.69) is 32.0 Å². The van der Waals surface area contributed by atoms with Gasteiger partial charge in [0.15, 0.2) is 0 Å². The molecule has 0 fully saturated rings. The van der Waals surface area contributed by atoms with E-state index in [-0.39, 0.29) is 5.41 Å². The molecule has 0 aliphatic heterocycles. The average Bonchev–Trinajstić information content (AvgIpc) is 1.97. The van der Waals surface area contributed by atoms with E-state index in [1.165, 1.54) is 6.20 Å². The lowest BCUT2D eigenvalue weighted by molar-refractivity contribution is 0.694. The predicted octanol–water partition coefficient (Wildman–Crippen LogP) is 2.97. The van der Waals surface area contributed by atoms with Gasteiger partial charge >= 0.3 is 0 Å². The molecule has 0 aromatic heterocycles. The third-order valence-electron chi connectivity index (χ3n) is 1.17. The summed E-state index contributed by atoms with van der Waals surface area (Å²) in [6.07, 6.45) is 9.08. The lowest BCUT2D eigenvalue weighted by Gasteiger charge is -2.11. The Balaban J connectivity index is 4.20. The molecule has 60 valence electrons. The topological polar surface area (TPSA) is 12.4 Å². The molecule has 0 radical (unpaired) electrons. The first kappa shape index (κ1) is 9.89. The number of allylic oxidation sites excluding steroid dienone is 3. The Morgan fingerprint density at radius 3 is 2.36 bits per heavy atom. The molecule has 0 atom stereocenters. The summed E-state index contributed by atoms with van der Waals surface area (Å²) in [6.45, 7) is 11.2. The molecule has 0 saturated carbocycles. The minimum atomic E-state index is -0.0115. The van der Waals surface area contributed by atoms with E-state index in [0.29, 0.717) is 0 Å². The summed E-state index contributed by atoms with van der Waals surface area (Å²) < 4.78 is 0. The van der Waals surface area contributed by atoms with E-state index in [0.717, 1.165) is 0 Å². The van der Waals surface area contributed by atoms with Gasteiger partial charge in [0.1, 0.15) is 0 Å². The van der Waals surface area contributed by atoms with Crippen LogP contribution < -0.4 is 0 Å². The van der Waals surface area contributed by atoms with Crippen LogP contribution in [-0.2, 0) is 0 Å². The Labute approximate surface area is 68.9 Å². The molecule has 1 nitrogen and oxygen atoms in total. The van der Waals surface area contributed by atoms with Gasteiger partial charge in [-0.05, 0) is 0 Å². The Morgan fingerprint density at radius 2 is 1.91 bits per heavy atom. The molecule has 0 amide bonds. The van der Waals surface area contributed by atoms with E-state index in [1.807, 2.05) is 18.4 Å². The van der Waals surface area contributed by atoms with Crippen molar-refractivity contribution in [3.05, 3.63) is 37.6 Å². The average molecular weight is 149 g/mol. The Morgan fingerprint density at radius 1 is 1.27 bits per heavy atom. The zero-order chi connectivity index (χ0) is 8.74. The maximum atomic E-state index is 3.95. The standard InChI is InChI=1S/C10H15N/c1-5-7-8-10(3,4)9-11-6-2/h5-9H,1-2H2,3-4H3/b8-7-,11-9?. The SMILES string of the molecule is C=C/C=C\C(C)(C)C=NC=C. The molecule has 0 saturated heterocycles. The van der Waals surface area contributed by atoms with Crippen LogP contribution in [-0.4, -0.2) is 6.21 Å². The van der Waals surface area contributed by atoms with Crippen LogP contribution in [0.15, 0.2) is 42.6 Å². The second kappa shape index (κ2) is 4.67. The Bertz CT molecular complexity index is 165. The molecule has 0 heterocycles. The quantitative estimate of drug-likeness (QED) is 0.430. The van der Waals surface area contributed by atoms with E-state index in [9.17, 15) is 0 Å². The summed E-state index contributed by atoms with van der Waals surface area (Å²) in [4.78, 5) is 3.95. The van der Waals surface area contributed by atoms with Gasteiger partial charge in [-0.1, -0.05) is 45.2 Å². The van der Waals surface area contributed by atoms with Gasteiger partial charge in [0.05, 0.1) is 0 Å². The van der Waals surface area contributed by atoms with Gasteiger partial charge < -0.3 is 0 Å². The first-order valence-electron chi connectivity index (χ1n) is 3.58. The zero-order valence-corrected chi connectivity index (χ0v) is 7.25. The van der Waals surface area contributed by atoms with Crippen molar-refractivity contribution in [3.63, 3.8) is 0 Å². The van der Waals surface area contributed by atoms with Crippen LogP contribution in [0, 0.1) is 5.41 Å². The van der Waals surface area contributed by atoms with E-state index in [4.69, 9.17) is 0 Å². The summed E-state index contributed by atoms with van der Waals surface area (Å²) in [5.41, 5.74) is -0.0115. The molecule has 0 unspecified atom stereocenters. The van der Waals surface area contributed by atoms with Crippen LogP contribution in [0.4, 0.5) is 0 Å². The zero-order valence-electron chi connectivity index (χ0n) is 7.25. The second-order valence-corrected chi connectivity index (χ2v) is 2.88. The fraction of sp³-hybridized carbons (Fsp3) is 0.300. The summed E-state index contributed by atoms with van der Waals surface area (Å²) in [7, 11) is 0. The van der Waals surface area contributed by atoms with E-state index < -0.39 is 0 Å². The smallest absolute Gasteiger partial charge is 0.0192 e. The highest BCUT2D eigenvalue weighted by Gasteiger charge is 2.07. The van der Waals surface area contributed by atoms with Crippen LogP contribution in [0.25, 0.3) is 0 Å². The molecule has 0 aromatic rings. The van der Waals surface area contributed by atoms with Crippen LogP contribution in [0.5, 0.6) is 0 Å². The van der Waals surface area contributed by atoms with Crippen LogP contribution in [0.2, 0.25) is 0 Å². The van der Waals surface area contributed by atoms with Crippen LogP contribution in [0.1, 0.15) is 13.8 Å². The molecule has 11 heavy (non-hydrogen) atoms. The highest BCUT2D eigenvalue weighted by Crippen LogP contribution is 2.13. The third-order valence-corrected chi connectivity index (χ3v) is 1.17. The predicted molar refractivity (Wildman–Crippen MR) is 51.8 cm³/mol. The van der Waals surface area contributed by atoms with Crippen molar-refractivity contribution in [2.24, 2.45) is 10.4 Å². The minimum Gasteiger partial charge on any atom is -0.269 e. The first-order valence-corrected chi connectivity index (χ1v) is 3.58. The third kappa shape index (κ3) is 5.34. The van der Waals surface area contributed by atoms with Gasteiger partial charge in [-0.3, -0.25) is 4.99 Å². The summed E-state index contributed by atoms with van der Waals surface area (Å²) in [6, 6.07) is 0. The van der Waals surface area contributed by atoms with Gasteiger partial charge in [0.25, 0.3) is 0 Å². The molecule has 1 heteroatoms. The molecule has 0 rings (SSSR count). The Hall–Kier alpha value is -1.11. The minimum absolute atomic E-state index is 0.0115. The molecule has 0 spiro atoms. The number of nitrogens with zero attached hydrogens (tertiary/aromatic N) is 1. The largest absolute Gasteiger partial charge is 0.269 e. The maximum Gasteiger partial charge on any atom is 0.0192 e. The van der Waals surface area contributed by atoms with Crippen molar-refractivity contribution >= 4 is 6.21 Å². The number of rotatable bonds is 4. The highest BCUT2D eigenvalue weighted by atomic mass is 14.7. The molecule has 0 aromatic carbocycles. The van der Waals surface area contributed by atoms with Crippen LogP contribution >= 0.6 is 0 Å². The van der Waals surface area contributed by atoms with Gasteiger partial charge in [0, 0.05) is 17.8 Å². The Kier molecular flexibility index (Phi) is 4.20. The van der Waals surface area contributed by atoms with Crippen molar-refractivity contribution in [1.82, 2.24) is 0 Å². The lowest BCUT2D eigenvalue weighted by atomic mass is 9.95. The van der Waals surface area contributed by atoms with Crippen molar-refractivity contribution in [3.8, 4) is 0 Å².